The lowest BCUT2D eigenvalue weighted by molar-refractivity contribution is 0.410. The molecule has 2 aromatic carbocycles. The van der Waals surface area contributed by atoms with E-state index in [9.17, 15) is 4.39 Å². The molecular formula is C14H10Cl3FO. The van der Waals surface area contributed by atoms with E-state index in [0.29, 0.717) is 26.9 Å². The summed E-state index contributed by atoms with van der Waals surface area (Å²) in [5.74, 6) is 0.0182. The van der Waals surface area contributed by atoms with Crippen LogP contribution in [0, 0.1) is 5.82 Å². The molecule has 100 valence electrons. The van der Waals surface area contributed by atoms with Gasteiger partial charge in [-0.05, 0) is 23.8 Å². The summed E-state index contributed by atoms with van der Waals surface area (Å²) in [4.78, 5) is 0. The first-order chi connectivity index (χ1) is 9.02. The Kier molecular flexibility index (Phi) is 4.56. The summed E-state index contributed by atoms with van der Waals surface area (Å²) in [6.07, 6.45) is 0. The fourth-order valence-corrected chi connectivity index (χ4v) is 2.31. The first-order valence-electron chi connectivity index (χ1n) is 5.45. The quantitative estimate of drug-likeness (QED) is 0.682. The summed E-state index contributed by atoms with van der Waals surface area (Å²) in [7, 11) is 1.48. The van der Waals surface area contributed by atoms with Gasteiger partial charge in [-0.1, -0.05) is 35.3 Å². The van der Waals surface area contributed by atoms with Crippen LogP contribution in [0.15, 0.2) is 36.4 Å². The van der Waals surface area contributed by atoms with Crippen LogP contribution in [0.1, 0.15) is 16.5 Å². The highest BCUT2D eigenvalue weighted by atomic mass is 35.5. The smallest absolute Gasteiger partial charge is 0.131 e. The summed E-state index contributed by atoms with van der Waals surface area (Å²) in [5, 5.41) is 0.184. The van der Waals surface area contributed by atoms with E-state index in [-0.39, 0.29) is 0 Å². The molecule has 0 bridgehead atoms. The van der Waals surface area contributed by atoms with E-state index in [1.165, 1.54) is 13.2 Å². The van der Waals surface area contributed by atoms with E-state index in [0.717, 1.165) is 0 Å². The fraction of sp³-hybridized carbons (Fsp3) is 0.143. The maximum Gasteiger partial charge on any atom is 0.131 e. The van der Waals surface area contributed by atoms with E-state index in [1.54, 1.807) is 30.3 Å². The molecule has 0 spiro atoms. The molecule has 1 nitrogen and oxygen atoms in total. The molecular weight excluding hydrogens is 310 g/mol. The molecule has 0 heterocycles. The minimum atomic E-state index is -0.638. The molecule has 0 saturated heterocycles. The number of benzene rings is 2. The van der Waals surface area contributed by atoms with Crippen LogP contribution in [-0.2, 0) is 0 Å². The zero-order valence-electron chi connectivity index (χ0n) is 9.96. The van der Waals surface area contributed by atoms with Crippen LogP contribution < -0.4 is 4.74 Å². The van der Waals surface area contributed by atoms with Crippen molar-refractivity contribution in [1.29, 1.82) is 0 Å². The van der Waals surface area contributed by atoms with E-state index >= 15 is 0 Å². The Morgan fingerprint density at radius 2 is 1.79 bits per heavy atom. The SMILES string of the molecule is COc1ccc(C(Cl)c2ccc(Cl)c(Cl)c2)c(F)c1. The Morgan fingerprint density at radius 3 is 2.37 bits per heavy atom. The topological polar surface area (TPSA) is 9.23 Å². The third-order valence-corrected chi connectivity index (χ3v) is 3.94. The lowest BCUT2D eigenvalue weighted by Gasteiger charge is -2.13. The first kappa shape index (κ1) is 14.4. The third kappa shape index (κ3) is 3.14. The van der Waals surface area contributed by atoms with Gasteiger partial charge in [0, 0.05) is 11.6 Å². The number of hydrogen-bond donors (Lipinski definition) is 0. The lowest BCUT2D eigenvalue weighted by atomic mass is 10.0. The van der Waals surface area contributed by atoms with Crippen molar-refractivity contribution < 1.29 is 9.13 Å². The standard InChI is InChI=1S/C14H10Cl3FO/c1-19-9-3-4-10(13(18)7-9)14(17)8-2-5-11(15)12(16)6-8/h2-7,14H,1H3. The molecule has 0 N–H and O–H groups in total. The van der Waals surface area contributed by atoms with Gasteiger partial charge in [0.15, 0.2) is 0 Å². The predicted octanol–water partition coefficient (Wildman–Crippen LogP) is 5.47. The molecule has 1 unspecified atom stereocenters. The van der Waals surface area contributed by atoms with Crippen molar-refractivity contribution in [3.8, 4) is 5.75 Å². The summed E-state index contributed by atoms with van der Waals surface area (Å²) >= 11 is 18.0. The van der Waals surface area contributed by atoms with Gasteiger partial charge in [-0.15, -0.1) is 11.6 Å². The molecule has 0 aromatic heterocycles. The maximum atomic E-state index is 13.9. The minimum Gasteiger partial charge on any atom is -0.497 e. The highest BCUT2D eigenvalue weighted by Crippen LogP contribution is 2.35. The van der Waals surface area contributed by atoms with E-state index < -0.39 is 11.2 Å². The molecule has 1 atom stereocenters. The molecule has 5 heteroatoms. The van der Waals surface area contributed by atoms with Crippen molar-refractivity contribution in [1.82, 2.24) is 0 Å². The zero-order valence-corrected chi connectivity index (χ0v) is 12.2. The monoisotopic (exact) mass is 318 g/mol. The second-order valence-electron chi connectivity index (χ2n) is 3.92. The average molecular weight is 320 g/mol. The fourth-order valence-electron chi connectivity index (χ4n) is 1.69. The number of alkyl halides is 1. The maximum absolute atomic E-state index is 13.9. The number of methoxy groups -OCH3 is 1. The Balaban J connectivity index is 2.38. The number of hydrogen-bond acceptors (Lipinski definition) is 1. The van der Waals surface area contributed by atoms with Gasteiger partial charge in [-0.25, -0.2) is 4.39 Å². The number of ether oxygens (including phenoxy) is 1. The Morgan fingerprint density at radius 1 is 1.05 bits per heavy atom. The summed E-state index contributed by atoms with van der Waals surface area (Å²) in [5.41, 5.74) is 1.04. The molecule has 0 amide bonds. The summed E-state index contributed by atoms with van der Waals surface area (Å²) in [6.45, 7) is 0. The average Bonchev–Trinajstić information content (AvgIpc) is 2.41. The van der Waals surface area contributed by atoms with Crippen LogP contribution in [0.2, 0.25) is 10.0 Å². The van der Waals surface area contributed by atoms with Gasteiger partial charge in [-0.3, -0.25) is 0 Å². The van der Waals surface area contributed by atoms with Gasteiger partial charge >= 0.3 is 0 Å². The van der Waals surface area contributed by atoms with Gasteiger partial charge in [0.25, 0.3) is 0 Å². The van der Waals surface area contributed by atoms with Crippen molar-refractivity contribution in [2.24, 2.45) is 0 Å². The van der Waals surface area contributed by atoms with Crippen LogP contribution in [-0.4, -0.2) is 7.11 Å². The summed E-state index contributed by atoms with van der Waals surface area (Å²) < 4.78 is 18.9. The molecule has 0 fully saturated rings. The van der Waals surface area contributed by atoms with Crippen molar-refractivity contribution in [2.45, 2.75) is 5.38 Å². The largest absolute Gasteiger partial charge is 0.497 e. The highest BCUT2D eigenvalue weighted by Gasteiger charge is 2.16. The molecule has 2 aromatic rings. The molecule has 0 aliphatic heterocycles. The minimum absolute atomic E-state index is 0.362. The predicted molar refractivity (Wildman–Crippen MR) is 77.1 cm³/mol. The van der Waals surface area contributed by atoms with Crippen molar-refractivity contribution in [3.63, 3.8) is 0 Å². The van der Waals surface area contributed by atoms with Crippen molar-refractivity contribution in [3.05, 3.63) is 63.4 Å². The van der Waals surface area contributed by atoms with Gasteiger partial charge in [-0.2, -0.15) is 0 Å². The van der Waals surface area contributed by atoms with E-state index in [1.807, 2.05) is 0 Å². The van der Waals surface area contributed by atoms with Crippen LogP contribution in [0.25, 0.3) is 0 Å². The molecule has 2 rings (SSSR count). The molecule has 0 aliphatic rings. The summed E-state index contributed by atoms with van der Waals surface area (Å²) in [6, 6.07) is 9.53. The van der Waals surface area contributed by atoms with Crippen LogP contribution in [0.3, 0.4) is 0 Å². The van der Waals surface area contributed by atoms with Crippen LogP contribution in [0.5, 0.6) is 5.75 Å². The van der Waals surface area contributed by atoms with Gasteiger partial charge in [0.05, 0.1) is 22.5 Å². The van der Waals surface area contributed by atoms with Gasteiger partial charge in [0.2, 0.25) is 0 Å². The Labute approximate surface area is 125 Å². The van der Waals surface area contributed by atoms with Crippen LogP contribution >= 0.6 is 34.8 Å². The Bertz CT molecular complexity index is 601. The molecule has 19 heavy (non-hydrogen) atoms. The van der Waals surface area contributed by atoms with Gasteiger partial charge in [0.1, 0.15) is 11.6 Å². The second kappa shape index (κ2) is 6.00. The number of halogens is 4. The third-order valence-electron chi connectivity index (χ3n) is 2.72. The van der Waals surface area contributed by atoms with Crippen LogP contribution in [0.4, 0.5) is 4.39 Å². The highest BCUT2D eigenvalue weighted by molar-refractivity contribution is 6.42. The van der Waals surface area contributed by atoms with Crippen molar-refractivity contribution >= 4 is 34.8 Å². The number of rotatable bonds is 3. The van der Waals surface area contributed by atoms with E-state index in [4.69, 9.17) is 39.5 Å². The molecule has 0 aliphatic carbocycles. The molecule has 0 radical (unpaired) electrons. The van der Waals surface area contributed by atoms with E-state index in [2.05, 4.69) is 0 Å². The zero-order chi connectivity index (χ0) is 14.0. The second-order valence-corrected chi connectivity index (χ2v) is 5.17. The van der Waals surface area contributed by atoms with Gasteiger partial charge < -0.3 is 4.74 Å². The Hall–Kier alpha value is -0.960. The first-order valence-corrected chi connectivity index (χ1v) is 6.64. The van der Waals surface area contributed by atoms with Crippen molar-refractivity contribution in [2.75, 3.05) is 7.11 Å². The normalized spacial score (nSPS) is 12.3. The molecule has 0 saturated carbocycles. The lowest BCUT2D eigenvalue weighted by Crippen LogP contribution is -1.98.